The molecule has 0 aliphatic rings. The van der Waals surface area contributed by atoms with E-state index in [9.17, 15) is 9.18 Å². The molecule has 0 spiro atoms. The van der Waals surface area contributed by atoms with Crippen LogP contribution in [0.15, 0.2) is 24.3 Å². The van der Waals surface area contributed by atoms with Crippen LogP contribution in [0.1, 0.15) is 37.0 Å². The molecule has 1 unspecified atom stereocenters. The van der Waals surface area contributed by atoms with Gasteiger partial charge >= 0.3 is 0 Å². The summed E-state index contributed by atoms with van der Waals surface area (Å²) in [6, 6.07) is 5.53. The average Bonchev–Trinajstić information content (AvgIpc) is 2.30. The molecule has 1 rings (SSSR count). The summed E-state index contributed by atoms with van der Waals surface area (Å²) in [6.07, 6.45) is 2.22. The fraction of sp³-hybridized carbons (Fsp3) is 0.500. The highest BCUT2D eigenvalue weighted by molar-refractivity contribution is 5.96. The molecule has 1 atom stereocenters. The topological polar surface area (TPSA) is 26.3 Å². The Bertz CT molecular complexity index is 346. The monoisotopic (exact) mass is 238 g/mol. The lowest BCUT2D eigenvalue weighted by atomic mass is 10.1. The maximum atomic E-state index is 12.7. The van der Waals surface area contributed by atoms with E-state index in [0.717, 1.165) is 12.8 Å². The van der Waals surface area contributed by atoms with Crippen LogP contribution in [0.5, 0.6) is 0 Å². The zero-order valence-corrected chi connectivity index (χ0v) is 10.4. The van der Waals surface area contributed by atoms with Gasteiger partial charge in [0, 0.05) is 12.2 Å². The van der Waals surface area contributed by atoms with Crippen LogP contribution in [-0.4, -0.2) is 19.0 Å². The summed E-state index contributed by atoms with van der Waals surface area (Å²) in [7, 11) is 0. The van der Waals surface area contributed by atoms with E-state index in [1.165, 1.54) is 24.3 Å². The summed E-state index contributed by atoms with van der Waals surface area (Å²) in [4.78, 5) is 11.6. The SMILES string of the molecule is CCCC(C)COCC(=O)c1ccc(F)cc1. The third-order valence-corrected chi connectivity index (χ3v) is 2.58. The first kappa shape index (κ1) is 13.8. The third kappa shape index (κ3) is 5.09. The molecule has 0 fully saturated rings. The number of hydrogen-bond donors (Lipinski definition) is 0. The molecule has 0 radical (unpaired) electrons. The lowest BCUT2D eigenvalue weighted by Gasteiger charge is -2.10. The standard InChI is InChI=1S/C14H19FO2/c1-3-4-11(2)9-17-10-14(16)12-5-7-13(15)8-6-12/h5-8,11H,3-4,9-10H2,1-2H3. The number of rotatable bonds is 7. The summed E-state index contributed by atoms with van der Waals surface area (Å²) in [6.45, 7) is 4.90. The zero-order chi connectivity index (χ0) is 12.7. The molecule has 0 aliphatic heterocycles. The molecule has 0 amide bonds. The van der Waals surface area contributed by atoms with E-state index in [0.29, 0.717) is 18.1 Å². The number of hydrogen-bond acceptors (Lipinski definition) is 2. The van der Waals surface area contributed by atoms with E-state index in [4.69, 9.17) is 4.74 Å². The fourth-order valence-corrected chi connectivity index (χ4v) is 1.65. The minimum atomic E-state index is -0.334. The zero-order valence-electron chi connectivity index (χ0n) is 10.4. The molecular weight excluding hydrogens is 219 g/mol. The summed E-state index contributed by atoms with van der Waals surface area (Å²) >= 11 is 0. The van der Waals surface area contributed by atoms with Crippen molar-refractivity contribution in [3.05, 3.63) is 35.6 Å². The quantitative estimate of drug-likeness (QED) is 0.680. The molecule has 0 N–H and O–H groups in total. The average molecular weight is 238 g/mol. The van der Waals surface area contributed by atoms with Crippen LogP contribution >= 0.6 is 0 Å². The maximum absolute atomic E-state index is 12.7. The molecule has 17 heavy (non-hydrogen) atoms. The molecule has 3 heteroatoms. The Morgan fingerprint density at radius 1 is 1.35 bits per heavy atom. The molecule has 1 aromatic rings. The van der Waals surface area contributed by atoms with Crippen LogP contribution in [0, 0.1) is 11.7 Å². The summed E-state index contributed by atoms with van der Waals surface area (Å²) in [5.41, 5.74) is 0.495. The Morgan fingerprint density at radius 3 is 2.59 bits per heavy atom. The van der Waals surface area contributed by atoms with Crippen molar-refractivity contribution in [3.8, 4) is 0 Å². The first-order valence-corrected chi connectivity index (χ1v) is 6.00. The van der Waals surface area contributed by atoms with E-state index in [-0.39, 0.29) is 18.2 Å². The van der Waals surface area contributed by atoms with Crippen molar-refractivity contribution in [3.63, 3.8) is 0 Å². The molecule has 0 bridgehead atoms. The van der Waals surface area contributed by atoms with Gasteiger partial charge in [0.15, 0.2) is 5.78 Å². The van der Waals surface area contributed by atoms with Crippen molar-refractivity contribution < 1.29 is 13.9 Å². The van der Waals surface area contributed by atoms with Crippen molar-refractivity contribution in [2.45, 2.75) is 26.7 Å². The first-order chi connectivity index (χ1) is 8.13. The van der Waals surface area contributed by atoms with Gasteiger partial charge in [0.2, 0.25) is 0 Å². The van der Waals surface area contributed by atoms with Gasteiger partial charge in [-0.2, -0.15) is 0 Å². The summed E-state index contributed by atoms with van der Waals surface area (Å²) < 4.78 is 18.0. The van der Waals surface area contributed by atoms with E-state index in [1.807, 2.05) is 0 Å². The number of halogens is 1. The second-order valence-corrected chi connectivity index (χ2v) is 4.34. The van der Waals surface area contributed by atoms with Crippen LogP contribution in [-0.2, 0) is 4.74 Å². The number of ether oxygens (including phenoxy) is 1. The van der Waals surface area contributed by atoms with Crippen LogP contribution in [0.4, 0.5) is 4.39 Å². The second-order valence-electron chi connectivity index (χ2n) is 4.34. The molecular formula is C14H19FO2. The van der Waals surface area contributed by atoms with E-state index >= 15 is 0 Å². The van der Waals surface area contributed by atoms with E-state index in [1.54, 1.807) is 0 Å². The minimum absolute atomic E-state index is 0.0691. The van der Waals surface area contributed by atoms with Crippen LogP contribution in [0.3, 0.4) is 0 Å². The van der Waals surface area contributed by atoms with Gasteiger partial charge in [-0.3, -0.25) is 4.79 Å². The third-order valence-electron chi connectivity index (χ3n) is 2.58. The Hall–Kier alpha value is -1.22. The van der Waals surface area contributed by atoms with Crippen LogP contribution < -0.4 is 0 Å². The van der Waals surface area contributed by atoms with Crippen molar-refractivity contribution in [2.24, 2.45) is 5.92 Å². The highest BCUT2D eigenvalue weighted by atomic mass is 19.1. The predicted molar refractivity (Wildman–Crippen MR) is 65.6 cm³/mol. The molecule has 94 valence electrons. The number of carbonyl (C=O) groups is 1. The lowest BCUT2D eigenvalue weighted by Crippen LogP contribution is -2.13. The smallest absolute Gasteiger partial charge is 0.188 e. The summed E-state index contributed by atoms with van der Waals surface area (Å²) in [5.74, 6) is 0.0359. The van der Waals surface area contributed by atoms with Crippen molar-refractivity contribution in [2.75, 3.05) is 13.2 Å². The first-order valence-electron chi connectivity index (χ1n) is 6.00. The highest BCUT2D eigenvalue weighted by Gasteiger charge is 2.07. The maximum Gasteiger partial charge on any atom is 0.188 e. The largest absolute Gasteiger partial charge is 0.373 e. The Balaban J connectivity index is 2.32. The highest BCUT2D eigenvalue weighted by Crippen LogP contribution is 2.07. The molecule has 0 aromatic heterocycles. The number of benzene rings is 1. The van der Waals surface area contributed by atoms with Crippen molar-refractivity contribution in [1.82, 2.24) is 0 Å². The second kappa shape index (κ2) is 7.17. The normalized spacial score (nSPS) is 12.4. The summed E-state index contributed by atoms with van der Waals surface area (Å²) in [5, 5.41) is 0. The van der Waals surface area contributed by atoms with Gasteiger partial charge in [-0.15, -0.1) is 0 Å². The molecule has 1 aromatic carbocycles. The van der Waals surface area contributed by atoms with Gasteiger partial charge in [-0.05, 0) is 36.6 Å². The van der Waals surface area contributed by atoms with Gasteiger partial charge < -0.3 is 4.74 Å². The fourth-order valence-electron chi connectivity index (χ4n) is 1.65. The molecule has 2 nitrogen and oxygen atoms in total. The van der Waals surface area contributed by atoms with Crippen molar-refractivity contribution in [1.29, 1.82) is 0 Å². The molecule has 0 aliphatic carbocycles. The number of ketones is 1. The van der Waals surface area contributed by atoms with Gasteiger partial charge in [0.1, 0.15) is 12.4 Å². The van der Waals surface area contributed by atoms with Crippen molar-refractivity contribution >= 4 is 5.78 Å². The lowest BCUT2D eigenvalue weighted by molar-refractivity contribution is 0.0683. The van der Waals surface area contributed by atoms with E-state index < -0.39 is 0 Å². The molecule has 0 heterocycles. The minimum Gasteiger partial charge on any atom is -0.373 e. The van der Waals surface area contributed by atoms with Gasteiger partial charge in [-0.1, -0.05) is 20.3 Å². The Kier molecular flexibility index (Phi) is 5.84. The number of Topliss-reactive ketones (excluding diaryl/α,β-unsaturated/α-hetero) is 1. The van der Waals surface area contributed by atoms with Crippen LogP contribution in [0.2, 0.25) is 0 Å². The molecule has 0 saturated carbocycles. The predicted octanol–water partition coefficient (Wildman–Crippen LogP) is 3.46. The number of carbonyl (C=O) groups excluding carboxylic acids is 1. The van der Waals surface area contributed by atoms with Gasteiger partial charge in [-0.25, -0.2) is 4.39 Å². The van der Waals surface area contributed by atoms with E-state index in [2.05, 4.69) is 13.8 Å². The van der Waals surface area contributed by atoms with Crippen LogP contribution in [0.25, 0.3) is 0 Å². The Morgan fingerprint density at radius 2 is 2.00 bits per heavy atom. The Labute approximate surface area is 102 Å². The van der Waals surface area contributed by atoms with Gasteiger partial charge in [0.25, 0.3) is 0 Å². The molecule has 0 saturated heterocycles. The van der Waals surface area contributed by atoms with Gasteiger partial charge in [0.05, 0.1) is 0 Å².